The van der Waals surface area contributed by atoms with Crippen molar-refractivity contribution in [3.05, 3.63) is 0 Å². The minimum atomic E-state index is -3.04. The van der Waals surface area contributed by atoms with Crippen LogP contribution in [0.1, 0.15) is 77.6 Å². The van der Waals surface area contributed by atoms with Crippen LogP contribution in [0, 0.1) is 0 Å². The number of quaternary nitrogens is 1. The van der Waals surface area contributed by atoms with E-state index in [4.69, 9.17) is 0 Å². The molecule has 0 atom stereocenters. The molecule has 1 heterocycles. The van der Waals surface area contributed by atoms with Gasteiger partial charge >= 0.3 is 0 Å². The highest BCUT2D eigenvalue weighted by Crippen LogP contribution is 2.15. The third kappa shape index (κ3) is 9.38. The number of likely N-dealkylation sites (N-methyl/N-ethyl adjacent to an activating group) is 1. The van der Waals surface area contributed by atoms with Gasteiger partial charge in [0.25, 0.3) is 0 Å². The minimum Gasteiger partial charge on any atom is -0.327 e. The zero-order valence-electron chi connectivity index (χ0n) is 16.4. The highest BCUT2D eigenvalue weighted by molar-refractivity contribution is 7.89. The van der Waals surface area contributed by atoms with Gasteiger partial charge in [0.2, 0.25) is 10.0 Å². The van der Waals surface area contributed by atoms with Gasteiger partial charge in [0.05, 0.1) is 39.5 Å². The number of hydrogen-bond donors (Lipinski definition) is 0. The highest BCUT2D eigenvalue weighted by Gasteiger charge is 2.28. The predicted molar refractivity (Wildman–Crippen MR) is 104 cm³/mol. The molecule has 0 aliphatic carbocycles. The van der Waals surface area contributed by atoms with Crippen molar-refractivity contribution in [3.8, 4) is 0 Å². The number of nitrogens with zero attached hydrogens (tertiary/aromatic N) is 2. The Bertz CT molecular complexity index is 421. The van der Waals surface area contributed by atoms with Crippen LogP contribution in [0.3, 0.4) is 0 Å². The molecule has 1 rings (SSSR count). The van der Waals surface area contributed by atoms with E-state index in [1.54, 1.807) is 4.31 Å². The Hall–Kier alpha value is -0.130. The molecule has 0 unspecified atom stereocenters. The fourth-order valence-corrected chi connectivity index (χ4v) is 5.05. The summed E-state index contributed by atoms with van der Waals surface area (Å²) in [6, 6.07) is 0. The van der Waals surface area contributed by atoms with Gasteiger partial charge in [-0.25, -0.2) is 8.42 Å². The SMILES string of the molecule is CCCCCCCCCCCCS(=O)(=O)N1CCC[N+](C)(C)CC1. The summed E-state index contributed by atoms with van der Waals surface area (Å²) in [4.78, 5) is 0. The molecule has 0 bridgehead atoms. The fourth-order valence-electron chi connectivity index (χ4n) is 3.46. The number of sulfonamides is 1. The molecular formula is C19H41N2O2S+. The Balaban J connectivity index is 2.11. The van der Waals surface area contributed by atoms with Crippen molar-refractivity contribution in [3.63, 3.8) is 0 Å². The second kappa shape index (κ2) is 11.5. The fraction of sp³-hybridized carbons (Fsp3) is 1.00. The molecule has 0 saturated carbocycles. The van der Waals surface area contributed by atoms with Gasteiger partial charge in [-0.05, 0) is 6.42 Å². The summed E-state index contributed by atoms with van der Waals surface area (Å²) < 4.78 is 27.7. The van der Waals surface area contributed by atoms with E-state index in [2.05, 4.69) is 21.0 Å². The maximum atomic E-state index is 12.5. The zero-order chi connectivity index (χ0) is 17.9. The van der Waals surface area contributed by atoms with Crippen LogP contribution in [0.5, 0.6) is 0 Å². The molecule has 5 heteroatoms. The van der Waals surface area contributed by atoms with E-state index >= 15 is 0 Å². The second-order valence-electron chi connectivity index (χ2n) is 8.13. The van der Waals surface area contributed by atoms with E-state index in [1.165, 1.54) is 51.4 Å². The lowest BCUT2D eigenvalue weighted by molar-refractivity contribution is -0.888. The quantitative estimate of drug-likeness (QED) is 0.389. The third-order valence-corrected chi connectivity index (χ3v) is 7.23. The van der Waals surface area contributed by atoms with Crippen LogP contribution in [0.25, 0.3) is 0 Å². The summed E-state index contributed by atoms with van der Waals surface area (Å²) in [7, 11) is 1.34. The van der Waals surface area contributed by atoms with Gasteiger partial charge in [-0.1, -0.05) is 64.7 Å². The first kappa shape index (κ1) is 21.9. The third-order valence-electron chi connectivity index (χ3n) is 5.27. The van der Waals surface area contributed by atoms with Crippen molar-refractivity contribution < 1.29 is 12.9 Å². The number of unbranched alkanes of at least 4 members (excludes halogenated alkanes) is 9. The van der Waals surface area contributed by atoms with Gasteiger partial charge in [0.1, 0.15) is 0 Å². The highest BCUT2D eigenvalue weighted by atomic mass is 32.2. The van der Waals surface area contributed by atoms with Gasteiger partial charge in [-0.3, -0.25) is 0 Å². The van der Waals surface area contributed by atoms with Crippen LogP contribution in [-0.2, 0) is 10.0 Å². The van der Waals surface area contributed by atoms with Crippen LogP contribution < -0.4 is 0 Å². The zero-order valence-corrected chi connectivity index (χ0v) is 17.2. The first-order valence-electron chi connectivity index (χ1n) is 10.2. The van der Waals surface area contributed by atoms with Crippen LogP contribution >= 0.6 is 0 Å². The Morgan fingerprint density at radius 2 is 1.33 bits per heavy atom. The Morgan fingerprint density at radius 1 is 0.792 bits per heavy atom. The molecule has 4 nitrogen and oxygen atoms in total. The van der Waals surface area contributed by atoms with Gasteiger partial charge < -0.3 is 4.48 Å². The molecule has 0 aromatic rings. The lowest BCUT2D eigenvalue weighted by Gasteiger charge is -2.27. The summed E-state index contributed by atoms with van der Waals surface area (Å²) in [6.45, 7) is 5.65. The molecule has 0 aromatic carbocycles. The number of hydrogen-bond acceptors (Lipinski definition) is 2. The molecule has 0 N–H and O–H groups in total. The monoisotopic (exact) mass is 361 g/mol. The predicted octanol–water partition coefficient (Wildman–Crippen LogP) is 4.02. The number of rotatable bonds is 12. The summed E-state index contributed by atoms with van der Waals surface area (Å²) in [6.07, 6.45) is 13.4. The largest absolute Gasteiger partial charge is 0.327 e. The molecule has 24 heavy (non-hydrogen) atoms. The first-order chi connectivity index (χ1) is 11.4. The lowest BCUT2D eigenvalue weighted by atomic mass is 10.1. The van der Waals surface area contributed by atoms with Crippen LogP contribution in [0.2, 0.25) is 0 Å². The summed E-state index contributed by atoms with van der Waals surface area (Å²) in [5.41, 5.74) is 0. The Morgan fingerprint density at radius 3 is 1.92 bits per heavy atom. The van der Waals surface area contributed by atoms with Crippen LogP contribution in [0.4, 0.5) is 0 Å². The molecule has 144 valence electrons. The van der Waals surface area contributed by atoms with Crippen LogP contribution in [0.15, 0.2) is 0 Å². The molecule has 1 aliphatic rings. The van der Waals surface area contributed by atoms with Crippen molar-refractivity contribution in [2.24, 2.45) is 0 Å². The van der Waals surface area contributed by atoms with Crippen LogP contribution in [-0.4, -0.2) is 63.2 Å². The summed E-state index contributed by atoms with van der Waals surface area (Å²) in [5, 5.41) is 0. The first-order valence-corrected chi connectivity index (χ1v) is 11.8. The van der Waals surface area contributed by atoms with Crippen molar-refractivity contribution >= 4 is 10.0 Å². The van der Waals surface area contributed by atoms with Gasteiger partial charge in [-0.2, -0.15) is 4.31 Å². The van der Waals surface area contributed by atoms with Gasteiger partial charge in [0.15, 0.2) is 0 Å². The van der Waals surface area contributed by atoms with E-state index in [0.29, 0.717) is 18.8 Å². The molecule has 0 spiro atoms. The van der Waals surface area contributed by atoms with E-state index in [-0.39, 0.29) is 0 Å². The summed E-state index contributed by atoms with van der Waals surface area (Å²) >= 11 is 0. The normalized spacial score (nSPS) is 19.3. The van der Waals surface area contributed by atoms with E-state index in [1.807, 2.05) is 0 Å². The van der Waals surface area contributed by atoms with Crippen molar-refractivity contribution in [2.45, 2.75) is 77.6 Å². The molecule has 1 saturated heterocycles. The second-order valence-corrected chi connectivity index (χ2v) is 10.2. The molecule has 0 aromatic heterocycles. The van der Waals surface area contributed by atoms with E-state index in [9.17, 15) is 8.42 Å². The van der Waals surface area contributed by atoms with Gasteiger partial charge in [-0.15, -0.1) is 0 Å². The Kier molecular flexibility index (Phi) is 10.5. The summed E-state index contributed by atoms with van der Waals surface area (Å²) in [5.74, 6) is 0.344. The van der Waals surface area contributed by atoms with Gasteiger partial charge in [0, 0.05) is 13.0 Å². The van der Waals surface area contributed by atoms with Crippen molar-refractivity contribution in [1.29, 1.82) is 0 Å². The molecular weight excluding hydrogens is 320 g/mol. The average Bonchev–Trinajstić information content (AvgIpc) is 2.70. The van der Waals surface area contributed by atoms with Crippen molar-refractivity contribution in [1.82, 2.24) is 4.31 Å². The standard InChI is InChI=1S/C19H41N2O2S/c1-4-5-6-7-8-9-10-11-12-13-19-24(22,23)20-15-14-17-21(2,3)18-16-20/h4-19H2,1-3H3/q+1. The smallest absolute Gasteiger partial charge is 0.214 e. The molecule has 1 fully saturated rings. The topological polar surface area (TPSA) is 37.4 Å². The Labute approximate surface area is 151 Å². The van der Waals surface area contributed by atoms with E-state index < -0.39 is 10.0 Å². The van der Waals surface area contributed by atoms with E-state index in [0.717, 1.165) is 36.8 Å². The average molecular weight is 362 g/mol. The maximum absolute atomic E-state index is 12.5. The molecule has 0 radical (unpaired) electrons. The molecule has 1 aliphatic heterocycles. The molecule has 0 amide bonds. The maximum Gasteiger partial charge on any atom is 0.214 e. The minimum absolute atomic E-state index is 0.344. The lowest BCUT2D eigenvalue weighted by Crippen LogP contribution is -2.43. The van der Waals surface area contributed by atoms with Crippen molar-refractivity contribution in [2.75, 3.05) is 46.0 Å².